The molecule has 1 fully saturated rings. The van der Waals surface area contributed by atoms with E-state index in [1.54, 1.807) is 6.20 Å². The van der Waals surface area contributed by atoms with Crippen molar-refractivity contribution in [2.24, 2.45) is 5.73 Å². The van der Waals surface area contributed by atoms with Crippen LogP contribution in [-0.2, 0) is 4.79 Å². The Morgan fingerprint density at radius 2 is 1.75 bits per heavy atom. The Labute approximate surface area is 154 Å². The maximum atomic E-state index is 12.2. The molecule has 1 aliphatic rings. The van der Waals surface area contributed by atoms with Crippen molar-refractivity contribution >= 4 is 42.2 Å². The normalized spacial score (nSPS) is 14.3. The number of nitrogens with one attached hydrogen (secondary N) is 1. The molecule has 2 heterocycles. The summed E-state index contributed by atoms with van der Waals surface area (Å²) in [6.07, 6.45) is 4.11. The number of amides is 1. The summed E-state index contributed by atoms with van der Waals surface area (Å²) < 4.78 is 0. The van der Waals surface area contributed by atoms with Crippen molar-refractivity contribution in [3.63, 3.8) is 0 Å². The number of hydrogen-bond donors (Lipinski definition) is 2. The fraction of sp³-hybridized carbons (Fsp3) is 0.294. The Morgan fingerprint density at radius 3 is 2.33 bits per heavy atom. The Kier molecular flexibility index (Phi) is 7.98. The molecule has 0 radical (unpaired) electrons. The average molecular weight is 369 g/mol. The zero-order valence-corrected chi connectivity index (χ0v) is 14.9. The summed E-state index contributed by atoms with van der Waals surface area (Å²) in [6, 6.07) is 12.5. The molecule has 1 aromatic heterocycles. The number of carbonyl (C=O) groups excluding carboxylic acids is 1. The molecular formula is C17H22Cl2N4O. The van der Waals surface area contributed by atoms with E-state index in [4.69, 9.17) is 5.73 Å². The summed E-state index contributed by atoms with van der Waals surface area (Å²) >= 11 is 0. The lowest BCUT2D eigenvalue weighted by molar-refractivity contribution is -0.117. The minimum absolute atomic E-state index is 0. The highest BCUT2D eigenvalue weighted by atomic mass is 35.5. The Hall–Kier alpha value is -1.82. The lowest BCUT2D eigenvalue weighted by Gasteiger charge is -2.17. The molecule has 1 aliphatic heterocycles. The van der Waals surface area contributed by atoms with Crippen LogP contribution in [-0.4, -0.2) is 24.0 Å². The van der Waals surface area contributed by atoms with Crippen molar-refractivity contribution in [3.05, 3.63) is 54.2 Å². The van der Waals surface area contributed by atoms with Gasteiger partial charge in [0.1, 0.15) is 11.9 Å². The number of carbonyl (C=O) groups is 1. The minimum Gasteiger partial charge on any atom is -0.357 e. The van der Waals surface area contributed by atoms with Crippen LogP contribution < -0.4 is 16.0 Å². The third kappa shape index (κ3) is 4.84. The average Bonchev–Trinajstić information content (AvgIpc) is 3.10. The molecule has 1 unspecified atom stereocenters. The molecule has 1 amide bonds. The number of rotatable bonds is 4. The van der Waals surface area contributed by atoms with Crippen LogP contribution in [0.1, 0.15) is 24.4 Å². The molecule has 24 heavy (non-hydrogen) atoms. The van der Waals surface area contributed by atoms with E-state index in [1.807, 2.05) is 42.5 Å². The quantitative estimate of drug-likeness (QED) is 0.869. The van der Waals surface area contributed by atoms with Gasteiger partial charge in [-0.25, -0.2) is 4.98 Å². The van der Waals surface area contributed by atoms with E-state index in [0.717, 1.165) is 24.5 Å². The summed E-state index contributed by atoms with van der Waals surface area (Å²) in [5.74, 6) is 0.727. The summed E-state index contributed by atoms with van der Waals surface area (Å²) in [5, 5.41) is 2.81. The Morgan fingerprint density at radius 1 is 1.08 bits per heavy atom. The van der Waals surface area contributed by atoms with E-state index in [-0.39, 0.29) is 30.7 Å². The minimum atomic E-state index is -0.681. The van der Waals surface area contributed by atoms with E-state index in [0.29, 0.717) is 5.69 Å². The fourth-order valence-electron chi connectivity index (χ4n) is 2.63. The standard InChI is InChI=1S/C17H20N4O.2ClH/c18-16(13-6-2-1-3-7-13)17(22)20-14-8-9-15(19-12-14)21-10-4-5-11-21;;/h1-3,6-9,12,16H,4-5,10-11,18H2,(H,20,22);2*1H. The molecule has 3 N–H and O–H groups in total. The fourth-order valence-corrected chi connectivity index (χ4v) is 2.63. The smallest absolute Gasteiger partial charge is 0.245 e. The first-order valence-corrected chi connectivity index (χ1v) is 7.56. The first-order chi connectivity index (χ1) is 10.7. The highest BCUT2D eigenvalue weighted by molar-refractivity contribution is 5.95. The number of hydrogen-bond acceptors (Lipinski definition) is 4. The summed E-state index contributed by atoms with van der Waals surface area (Å²) in [4.78, 5) is 18.8. The molecule has 2 aromatic rings. The molecule has 5 nitrogen and oxygen atoms in total. The maximum absolute atomic E-state index is 12.2. The van der Waals surface area contributed by atoms with Crippen molar-refractivity contribution in [1.82, 2.24) is 4.98 Å². The SMILES string of the molecule is Cl.Cl.NC(C(=O)Nc1ccc(N2CCCC2)nc1)c1ccccc1. The number of nitrogens with two attached hydrogens (primary N) is 1. The van der Waals surface area contributed by atoms with Crippen LogP contribution in [0.15, 0.2) is 48.7 Å². The zero-order valence-electron chi connectivity index (χ0n) is 13.2. The van der Waals surface area contributed by atoms with Gasteiger partial charge in [0.05, 0.1) is 11.9 Å². The molecule has 0 bridgehead atoms. The predicted octanol–water partition coefficient (Wildman–Crippen LogP) is 3.16. The van der Waals surface area contributed by atoms with Gasteiger partial charge in [0.15, 0.2) is 0 Å². The Balaban J connectivity index is 0.00000144. The first-order valence-electron chi connectivity index (χ1n) is 7.56. The predicted molar refractivity (Wildman–Crippen MR) is 102 cm³/mol. The molecule has 0 aliphatic carbocycles. The monoisotopic (exact) mass is 368 g/mol. The van der Waals surface area contributed by atoms with Crippen LogP contribution in [0.25, 0.3) is 0 Å². The van der Waals surface area contributed by atoms with Gasteiger partial charge in [0.25, 0.3) is 0 Å². The van der Waals surface area contributed by atoms with Gasteiger partial charge in [-0.3, -0.25) is 4.79 Å². The molecule has 0 saturated carbocycles. The summed E-state index contributed by atoms with van der Waals surface area (Å²) in [7, 11) is 0. The summed E-state index contributed by atoms with van der Waals surface area (Å²) in [6.45, 7) is 2.11. The van der Waals surface area contributed by atoms with Crippen LogP contribution in [0.3, 0.4) is 0 Å². The molecule has 1 atom stereocenters. The van der Waals surface area contributed by atoms with Crippen LogP contribution in [0.5, 0.6) is 0 Å². The van der Waals surface area contributed by atoms with E-state index in [2.05, 4.69) is 15.2 Å². The Bertz CT molecular complexity index is 631. The molecule has 0 spiro atoms. The van der Waals surface area contributed by atoms with Crippen LogP contribution in [0.4, 0.5) is 11.5 Å². The molecule has 1 saturated heterocycles. The molecule has 3 rings (SSSR count). The van der Waals surface area contributed by atoms with Crippen molar-refractivity contribution in [3.8, 4) is 0 Å². The van der Waals surface area contributed by atoms with Gasteiger partial charge in [0.2, 0.25) is 5.91 Å². The van der Waals surface area contributed by atoms with Gasteiger partial charge >= 0.3 is 0 Å². The second kappa shape index (κ2) is 9.47. The molecular weight excluding hydrogens is 347 g/mol. The molecule has 7 heteroatoms. The van der Waals surface area contributed by atoms with Gasteiger partial charge in [-0.1, -0.05) is 30.3 Å². The van der Waals surface area contributed by atoms with Crippen molar-refractivity contribution in [1.29, 1.82) is 0 Å². The molecule has 130 valence electrons. The van der Waals surface area contributed by atoms with Crippen LogP contribution in [0.2, 0.25) is 0 Å². The highest BCUT2D eigenvalue weighted by Gasteiger charge is 2.16. The lowest BCUT2D eigenvalue weighted by atomic mass is 10.1. The van der Waals surface area contributed by atoms with Crippen molar-refractivity contribution in [2.75, 3.05) is 23.3 Å². The summed E-state index contributed by atoms with van der Waals surface area (Å²) in [5.41, 5.74) is 7.43. The maximum Gasteiger partial charge on any atom is 0.245 e. The number of benzene rings is 1. The van der Waals surface area contributed by atoms with Gasteiger partial charge in [-0.2, -0.15) is 0 Å². The van der Waals surface area contributed by atoms with Crippen LogP contribution >= 0.6 is 24.8 Å². The first kappa shape index (κ1) is 20.2. The molecule has 1 aromatic carbocycles. The number of halogens is 2. The van der Waals surface area contributed by atoms with Crippen molar-refractivity contribution in [2.45, 2.75) is 18.9 Å². The second-order valence-electron chi connectivity index (χ2n) is 5.48. The van der Waals surface area contributed by atoms with Crippen molar-refractivity contribution < 1.29 is 4.79 Å². The highest BCUT2D eigenvalue weighted by Crippen LogP contribution is 2.20. The zero-order chi connectivity index (χ0) is 15.4. The van der Waals surface area contributed by atoms with E-state index >= 15 is 0 Å². The van der Waals surface area contributed by atoms with Gasteiger partial charge in [0, 0.05) is 13.1 Å². The van der Waals surface area contributed by atoms with Gasteiger partial charge in [-0.15, -0.1) is 24.8 Å². The van der Waals surface area contributed by atoms with E-state index in [9.17, 15) is 4.79 Å². The topological polar surface area (TPSA) is 71.2 Å². The number of anilines is 2. The van der Waals surface area contributed by atoms with E-state index in [1.165, 1.54) is 12.8 Å². The number of nitrogens with zero attached hydrogens (tertiary/aromatic N) is 2. The third-order valence-electron chi connectivity index (χ3n) is 3.89. The van der Waals surface area contributed by atoms with Gasteiger partial charge < -0.3 is 16.0 Å². The largest absolute Gasteiger partial charge is 0.357 e. The third-order valence-corrected chi connectivity index (χ3v) is 3.89. The number of aromatic nitrogens is 1. The lowest BCUT2D eigenvalue weighted by Crippen LogP contribution is -2.27. The van der Waals surface area contributed by atoms with Crippen LogP contribution in [0, 0.1) is 0 Å². The second-order valence-corrected chi connectivity index (χ2v) is 5.48. The number of pyridine rings is 1. The van der Waals surface area contributed by atoms with E-state index < -0.39 is 6.04 Å². The van der Waals surface area contributed by atoms with Gasteiger partial charge in [-0.05, 0) is 30.5 Å².